The van der Waals surface area contributed by atoms with Gasteiger partial charge in [-0.15, -0.1) is 0 Å². The minimum Gasteiger partial charge on any atom is -0.497 e. The summed E-state index contributed by atoms with van der Waals surface area (Å²) in [7, 11) is 1.66. The molecule has 0 radical (unpaired) electrons. The molecule has 12 heteroatoms. The molecule has 2 aromatic carbocycles. The Bertz CT molecular complexity index is 1360. The summed E-state index contributed by atoms with van der Waals surface area (Å²) < 4.78 is 50.2. The van der Waals surface area contributed by atoms with Crippen LogP contribution in [0.3, 0.4) is 0 Å². The Labute approximate surface area is 221 Å². The van der Waals surface area contributed by atoms with E-state index in [2.05, 4.69) is 21.6 Å². The van der Waals surface area contributed by atoms with Crippen LogP contribution in [-0.2, 0) is 17.9 Å². The second kappa shape index (κ2) is 10.5. The maximum Gasteiger partial charge on any atom is 0.490 e. The highest BCUT2D eigenvalue weighted by molar-refractivity contribution is 5.94. The zero-order chi connectivity index (χ0) is 27.7. The van der Waals surface area contributed by atoms with Gasteiger partial charge in [-0.2, -0.15) is 13.2 Å². The van der Waals surface area contributed by atoms with Crippen LogP contribution in [-0.4, -0.2) is 70.6 Å². The van der Waals surface area contributed by atoms with Crippen LogP contribution < -0.4 is 14.2 Å². The molecule has 1 fully saturated rings. The molecule has 1 aromatic heterocycles. The SMILES string of the molecule is COc1ccc(CN2C(=O)c3cccn3[C@H]3CN(Cc4ccc5c(c4)OCO5)C[C@H]32)cc1.O=C(O)C(F)(F)F. The molecule has 206 valence electrons. The quantitative estimate of drug-likeness (QED) is 0.519. The molecule has 0 unspecified atom stereocenters. The normalized spacial score (nSPS) is 19.7. The molecule has 6 rings (SSSR count). The van der Waals surface area contributed by atoms with E-state index in [9.17, 15) is 18.0 Å². The first-order chi connectivity index (χ1) is 18.6. The van der Waals surface area contributed by atoms with Crippen molar-refractivity contribution in [3.05, 3.63) is 77.6 Å². The summed E-state index contributed by atoms with van der Waals surface area (Å²) in [5, 5.41) is 7.12. The molecule has 3 aromatic rings. The lowest BCUT2D eigenvalue weighted by molar-refractivity contribution is -0.192. The summed E-state index contributed by atoms with van der Waals surface area (Å²) in [6, 6.07) is 18.4. The maximum absolute atomic E-state index is 13.4. The number of methoxy groups -OCH3 is 1. The first-order valence-corrected chi connectivity index (χ1v) is 12.2. The lowest BCUT2D eigenvalue weighted by Crippen LogP contribution is -2.49. The molecule has 0 aliphatic carbocycles. The van der Waals surface area contributed by atoms with Crippen LogP contribution in [0.2, 0.25) is 0 Å². The number of aliphatic carboxylic acids is 1. The Morgan fingerprint density at radius 1 is 1.00 bits per heavy atom. The first kappa shape index (κ1) is 26.4. The van der Waals surface area contributed by atoms with Crippen molar-refractivity contribution in [3.63, 3.8) is 0 Å². The Morgan fingerprint density at radius 2 is 1.67 bits per heavy atom. The van der Waals surface area contributed by atoms with Gasteiger partial charge in [0.05, 0.1) is 19.2 Å². The number of benzene rings is 2. The number of alkyl halides is 3. The predicted molar refractivity (Wildman–Crippen MR) is 132 cm³/mol. The van der Waals surface area contributed by atoms with Crippen molar-refractivity contribution in [2.45, 2.75) is 31.3 Å². The molecule has 1 saturated heterocycles. The minimum atomic E-state index is -5.08. The summed E-state index contributed by atoms with van der Waals surface area (Å²) in [5.41, 5.74) is 3.06. The third kappa shape index (κ3) is 5.51. The zero-order valence-electron chi connectivity index (χ0n) is 20.9. The van der Waals surface area contributed by atoms with Crippen molar-refractivity contribution >= 4 is 11.9 Å². The summed E-state index contributed by atoms with van der Waals surface area (Å²) >= 11 is 0. The molecule has 9 nitrogen and oxygen atoms in total. The number of carbonyl (C=O) groups excluding carboxylic acids is 1. The van der Waals surface area contributed by atoms with E-state index in [1.807, 2.05) is 53.6 Å². The van der Waals surface area contributed by atoms with Gasteiger partial charge in [0.2, 0.25) is 6.79 Å². The number of carboxylic acids is 1. The van der Waals surface area contributed by atoms with E-state index in [0.717, 1.165) is 48.1 Å². The van der Waals surface area contributed by atoms with Crippen molar-refractivity contribution in [3.8, 4) is 17.2 Å². The Kier molecular flexibility index (Phi) is 7.13. The van der Waals surface area contributed by atoms with Crippen molar-refractivity contribution < 1.29 is 42.1 Å². The van der Waals surface area contributed by atoms with Gasteiger partial charge in [0.25, 0.3) is 5.91 Å². The molecule has 3 aliphatic heterocycles. The second-order valence-electron chi connectivity index (χ2n) is 9.40. The van der Waals surface area contributed by atoms with Crippen LogP contribution in [0.5, 0.6) is 17.2 Å². The van der Waals surface area contributed by atoms with Crippen molar-refractivity contribution in [1.29, 1.82) is 0 Å². The van der Waals surface area contributed by atoms with Crippen LogP contribution in [0.4, 0.5) is 13.2 Å². The lowest BCUT2D eigenvalue weighted by Gasteiger charge is -2.38. The van der Waals surface area contributed by atoms with Crippen LogP contribution in [0.1, 0.15) is 27.7 Å². The highest BCUT2D eigenvalue weighted by Gasteiger charge is 2.45. The molecule has 0 saturated carbocycles. The molecule has 1 N–H and O–H groups in total. The minimum absolute atomic E-state index is 0.0944. The first-order valence-electron chi connectivity index (χ1n) is 12.2. The van der Waals surface area contributed by atoms with Crippen LogP contribution in [0.25, 0.3) is 0 Å². The number of ether oxygens (including phenoxy) is 3. The molecule has 0 spiro atoms. The molecular formula is C27H26F3N3O6. The van der Waals surface area contributed by atoms with Gasteiger partial charge >= 0.3 is 12.1 Å². The van der Waals surface area contributed by atoms with E-state index in [-0.39, 0.29) is 24.8 Å². The second-order valence-corrected chi connectivity index (χ2v) is 9.40. The molecule has 2 atom stereocenters. The third-order valence-electron chi connectivity index (χ3n) is 6.95. The number of nitrogens with zero attached hydrogens (tertiary/aromatic N) is 3. The van der Waals surface area contributed by atoms with Crippen molar-refractivity contribution in [2.24, 2.45) is 0 Å². The standard InChI is InChI=1S/C25H25N3O4.C2HF3O2/c1-30-19-7-4-17(5-8-19)13-28-22-15-26(12-18-6-9-23-24(11-18)32-16-31-23)14-21(22)27-10-2-3-20(27)25(28)29;3-2(4,5)1(6)7/h2-11,21-22H,12-16H2,1H3;(H,6,7)/t21-,22+;/m0./s1. The fourth-order valence-corrected chi connectivity index (χ4v) is 5.13. The van der Waals surface area contributed by atoms with Gasteiger partial charge in [-0.25, -0.2) is 4.79 Å². The Hall–Kier alpha value is -4.19. The summed E-state index contributed by atoms with van der Waals surface area (Å²) in [6.45, 7) is 3.41. The van der Waals surface area contributed by atoms with Gasteiger partial charge in [-0.1, -0.05) is 18.2 Å². The van der Waals surface area contributed by atoms with Crippen molar-refractivity contribution in [2.75, 3.05) is 27.0 Å². The molecule has 0 bridgehead atoms. The number of carboxylic acid groups (broad SMARTS) is 1. The number of hydrogen-bond donors (Lipinski definition) is 1. The van der Waals surface area contributed by atoms with Gasteiger partial charge in [0.15, 0.2) is 11.5 Å². The van der Waals surface area contributed by atoms with Crippen LogP contribution in [0.15, 0.2) is 60.8 Å². The highest BCUT2D eigenvalue weighted by atomic mass is 19.4. The number of fused-ring (bicyclic) bond motifs is 4. The van der Waals surface area contributed by atoms with E-state index in [4.69, 9.17) is 24.1 Å². The van der Waals surface area contributed by atoms with Crippen molar-refractivity contribution in [1.82, 2.24) is 14.4 Å². The Balaban J connectivity index is 0.000000392. The van der Waals surface area contributed by atoms with Gasteiger partial charge in [-0.05, 0) is 47.5 Å². The number of aromatic nitrogens is 1. The van der Waals surface area contributed by atoms with Gasteiger partial charge in [0, 0.05) is 32.4 Å². The third-order valence-corrected chi connectivity index (χ3v) is 6.95. The monoisotopic (exact) mass is 545 g/mol. The van der Waals surface area contributed by atoms with Gasteiger partial charge in [-0.3, -0.25) is 9.69 Å². The fourth-order valence-electron chi connectivity index (χ4n) is 5.13. The molecule has 4 heterocycles. The van der Waals surface area contributed by atoms with E-state index in [1.165, 1.54) is 5.56 Å². The molecule has 1 amide bonds. The molecule has 39 heavy (non-hydrogen) atoms. The summed E-state index contributed by atoms with van der Waals surface area (Å²) in [6.07, 6.45) is -3.04. The average molecular weight is 546 g/mol. The lowest BCUT2D eigenvalue weighted by atomic mass is 10.0. The topological polar surface area (TPSA) is 93.5 Å². The molecular weight excluding hydrogens is 519 g/mol. The van der Waals surface area contributed by atoms with E-state index >= 15 is 0 Å². The highest BCUT2D eigenvalue weighted by Crippen LogP contribution is 2.37. The van der Waals surface area contributed by atoms with E-state index in [1.54, 1.807) is 7.11 Å². The zero-order valence-corrected chi connectivity index (χ0v) is 20.9. The van der Waals surface area contributed by atoms with Gasteiger partial charge < -0.3 is 28.8 Å². The molecule has 3 aliphatic rings. The van der Waals surface area contributed by atoms with E-state index in [0.29, 0.717) is 6.54 Å². The smallest absolute Gasteiger partial charge is 0.490 e. The number of halogens is 3. The van der Waals surface area contributed by atoms with Crippen LogP contribution in [0, 0.1) is 0 Å². The number of hydrogen-bond acceptors (Lipinski definition) is 6. The maximum atomic E-state index is 13.4. The fraction of sp³-hybridized carbons (Fsp3) is 0.333. The number of carbonyl (C=O) groups is 2. The van der Waals surface area contributed by atoms with E-state index < -0.39 is 12.1 Å². The number of rotatable bonds is 5. The number of likely N-dealkylation sites (tertiary alicyclic amines) is 1. The largest absolute Gasteiger partial charge is 0.497 e. The average Bonchev–Trinajstić information content (AvgIpc) is 3.66. The van der Waals surface area contributed by atoms with Crippen LogP contribution >= 0.6 is 0 Å². The summed E-state index contributed by atoms with van der Waals surface area (Å²) in [4.78, 5) is 26.7. The van der Waals surface area contributed by atoms with Gasteiger partial charge in [0.1, 0.15) is 11.4 Å². The number of amides is 1. The summed E-state index contributed by atoms with van der Waals surface area (Å²) in [5.74, 6) is -0.231. The predicted octanol–water partition coefficient (Wildman–Crippen LogP) is 3.94. The Morgan fingerprint density at radius 3 is 2.36 bits per heavy atom.